The van der Waals surface area contributed by atoms with Crippen molar-refractivity contribution >= 4 is 39.7 Å². The zero-order chi connectivity index (χ0) is 9.10. The number of nitrogens with zero attached hydrogens (tertiary/aromatic N) is 1. The van der Waals surface area contributed by atoms with E-state index in [-0.39, 0.29) is 39.5 Å². The summed E-state index contributed by atoms with van der Waals surface area (Å²) >= 11 is 0. The summed E-state index contributed by atoms with van der Waals surface area (Å²) in [6, 6.07) is 3.43. The van der Waals surface area contributed by atoms with E-state index in [4.69, 9.17) is 0 Å². The van der Waals surface area contributed by atoms with Gasteiger partial charge in [-0.2, -0.15) is 0 Å². The van der Waals surface area contributed by atoms with Crippen LogP contribution in [0.1, 0.15) is 0 Å². The van der Waals surface area contributed by atoms with Gasteiger partial charge < -0.3 is 15.2 Å². The van der Waals surface area contributed by atoms with Gasteiger partial charge in [0, 0.05) is 38.4 Å². The Bertz CT molecular complexity index is 316. The highest BCUT2D eigenvalue weighted by atomic mass is 79.9. The van der Waals surface area contributed by atoms with Gasteiger partial charge in [0.15, 0.2) is 0 Å². The topological polar surface area (TPSA) is 48.1 Å². The van der Waals surface area contributed by atoms with Crippen LogP contribution in [0.25, 0.3) is 0 Å². The molecule has 86 valence electrons. The molecule has 0 radical (unpaired) electrons. The van der Waals surface area contributed by atoms with Gasteiger partial charge in [0.2, 0.25) is 5.56 Å². The number of rotatable bonds is 1. The second kappa shape index (κ2) is 7.03. The Hall–Kier alpha value is -0.330. The highest BCUT2D eigenvalue weighted by molar-refractivity contribution is 8.93. The molecule has 1 aromatic heterocycles. The molecule has 1 aromatic rings. The summed E-state index contributed by atoms with van der Waals surface area (Å²) in [6.45, 7) is 4.04. The number of H-pyrrole nitrogens is 1. The van der Waals surface area contributed by atoms with Gasteiger partial charge in [-0.25, -0.2) is 0 Å². The van der Waals surface area contributed by atoms with Crippen LogP contribution in [0.2, 0.25) is 0 Å². The number of hydrogen-bond donors (Lipinski definition) is 2. The maximum Gasteiger partial charge on any atom is 0.248 e. The van der Waals surface area contributed by atoms with Gasteiger partial charge in [0.1, 0.15) is 0 Å². The molecule has 2 heterocycles. The fraction of sp³-hybridized carbons (Fsp3) is 0.444. The first-order valence-corrected chi connectivity index (χ1v) is 4.51. The molecule has 2 N–H and O–H groups in total. The highest BCUT2D eigenvalue weighted by Crippen LogP contribution is 2.10. The summed E-state index contributed by atoms with van der Waals surface area (Å²) in [5.74, 6) is 0. The molecule has 0 unspecified atom stereocenters. The molecule has 4 nitrogen and oxygen atoms in total. The monoisotopic (exact) mass is 339 g/mol. The van der Waals surface area contributed by atoms with E-state index in [9.17, 15) is 4.79 Å². The second-order valence-electron chi connectivity index (χ2n) is 3.15. The van der Waals surface area contributed by atoms with Crippen LogP contribution in [-0.4, -0.2) is 31.2 Å². The molecule has 0 saturated carbocycles. The molecule has 0 bridgehead atoms. The van der Waals surface area contributed by atoms with Crippen molar-refractivity contribution in [1.82, 2.24) is 10.3 Å². The van der Waals surface area contributed by atoms with Crippen molar-refractivity contribution in [2.75, 3.05) is 31.1 Å². The number of anilines is 1. The van der Waals surface area contributed by atoms with E-state index in [0.717, 1.165) is 31.9 Å². The number of halogens is 2. The maximum atomic E-state index is 10.8. The average Bonchev–Trinajstić information content (AvgIpc) is 2.20. The lowest BCUT2D eigenvalue weighted by atomic mass is 10.3. The van der Waals surface area contributed by atoms with Gasteiger partial charge >= 0.3 is 0 Å². The lowest BCUT2D eigenvalue weighted by Gasteiger charge is -2.28. The van der Waals surface area contributed by atoms with Crippen LogP contribution < -0.4 is 15.8 Å². The van der Waals surface area contributed by atoms with Gasteiger partial charge in [-0.3, -0.25) is 4.79 Å². The second-order valence-corrected chi connectivity index (χ2v) is 3.15. The summed E-state index contributed by atoms with van der Waals surface area (Å²) in [7, 11) is 0. The van der Waals surface area contributed by atoms with Crippen LogP contribution >= 0.6 is 34.0 Å². The maximum absolute atomic E-state index is 10.8. The number of aromatic nitrogens is 1. The van der Waals surface area contributed by atoms with E-state index in [0.29, 0.717) is 0 Å². The molecular weight excluding hydrogens is 326 g/mol. The van der Waals surface area contributed by atoms with Crippen LogP contribution in [0.5, 0.6) is 0 Å². The molecule has 2 rings (SSSR count). The normalized spacial score (nSPS) is 15.1. The minimum Gasteiger partial charge on any atom is -0.368 e. The number of pyridine rings is 1. The van der Waals surface area contributed by atoms with E-state index in [1.54, 1.807) is 12.3 Å². The van der Waals surface area contributed by atoms with Crippen LogP contribution in [0.4, 0.5) is 5.69 Å². The van der Waals surface area contributed by atoms with Crippen LogP contribution in [0.3, 0.4) is 0 Å². The molecule has 15 heavy (non-hydrogen) atoms. The van der Waals surface area contributed by atoms with Gasteiger partial charge in [-0.05, 0) is 6.07 Å². The van der Waals surface area contributed by atoms with Crippen molar-refractivity contribution in [3.8, 4) is 0 Å². The van der Waals surface area contributed by atoms with Gasteiger partial charge in [-0.15, -0.1) is 34.0 Å². The van der Waals surface area contributed by atoms with Crippen molar-refractivity contribution in [3.63, 3.8) is 0 Å². The lowest BCUT2D eigenvalue weighted by Crippen LogP contribution is -2.43. The van der Waals surface area contributed by atoms with Crippen molar-refractivity contribution < 1.29 is 0 Å². The van der Waals surface area contributed by atoms with Crippen molar-refractivity contribution in [2.45, 2.75) is 0 Å². The van der Waals surface area contributed by atoms with E-state index in [1.165, 1.54) is 0 Å². The van der Waals surface area contributed by atoms with E-state index in [1.807, 2.05) is 6.07 Å². The molecular formula is C9H15Br2N3O. The SMILES string of the molecule is Br.Br.O=c1ccc(N2CCNCC2)c[nH]1. The molecule has 0 amide bonds. The molecule has 0 aliphatic carbocycles. The quantitative estimate of drug-likeness (QED) is 0.800. The number of nitrogens with one attached hydrogen (secondary N) is 2. The van der Waals surface area contributed by atoms with E-state index >= 15 is 0 Å². The molecule has 1 aliphatic heterocycles. The molecule has 0 atom stereocenters. The third kappa shape index (κ3) is 3.96. The summed E-state index contributed by atoms with van der Waals surface area (Å²) < 4.78 is 0. The third-order valence-electron chi connectivity index (χ3n) is 2.25. The van der Waals surface area contributed by atoms with Crippen LogP contribution in [0, 0.1) is 0 Å². The number of hydrogen-bond acceptors (Lipinski definition) is 3. The predicted octanol–water partition coefficient (Wildman–Crippen LogP) is 0.940. The molecule has 1 aliphatic rings. The summed E-state index contributed by atoms with van der Waals surface area (Å²) in [6.07, 6.45) is 1.77. The molecule has 0 aromatic carbocycles. The Morgan fingerprint density at radius 2 is 1.80 bits per heavy atom. The number of piperazine rings is 1. The van der Waals surface area contributed by atoms with Crippen LogP contribution in [0.15, 0.2) is 23.1 Å². The Balaban J connectivity index is 0.000000980. The highest BCUT2D eigenvalue weighted by Gasteiger charge is 2.09. The average molecular weight is 341 g/mol. The summed E-state index contributed by atoms with van der Waals surface area (Å²) in [5.41, 5.74) is 1.06. The zero-order valence-corrected chi connectivity index (χ0v) is 11.7. The van der Waals surface area contributed by atoms with E-state index in [2.05, 4.69) is 15.2 Å². The standard InChI is InChI=1S/C9H13N3O.2BrH/c13-9-2-1-8(7-11-9)12-5-3-10-4-6-12;;/h1-2,7,10H,3-6H2,(H,11,13);2*1H. The van der Waals surface area contributed by atoms with Crippen molar-refractivity contribution in [1.29, 1.82) is 0 Å². The number of aromatic amines is 1. The first kappa shape index (κ1) is 14.7. The van der Waals surface area contributed by atoms with Gasteiger partial charge in [-0.1, -0.05) is 0 Å². The minimum absolute atomic E-state index is 0. The summed E-state index contributed by atoms with van der Waals surface area (Å²) in [4.78, 5) is 15.8. The Labute approximate surface area is 110 Å². The zero-order valence-electron chi connectivity index (χ0n) is 8.23. The molecule has 1 saturated heterocycles. The Morgan fingerprint density at radius 3 is 2.33 bits per heavy atom. The molecule has 0 spiro atoms. The van der Waals surface area contributed by atoms with Gasteiger partial charge in [0.05, 0.1) is 5.69 Å². The van der Waals surface area contributed by atoms with Crippen LogP contribution in [-0.2, 0) is 0 Å². The Morgan fingerprint density at radius 1 is 1.13 bits per heavy atom. The van der Waals surface area contributed by atoms with Gasteiger partial charge in [0.25, 0.3) is 0 Å². The Kier molecular flexibility index (Phi) is 6.87. The molecule has 1 fully saturated rings. The minimum atomic E-state index is -0.0427. The largest absolute Gasteiger partial charge is 0.368 e. The van der Waals surface area contributed by atoms with Crippen molar-refractivity contribution in [3.05, 3.63) is 28.7 Å². The third-order valence-corrected chi connectivity index (χ3v) is 2.25. The predicted molar refractivity (Wildman–Crippen MR) is 72.8 cm³/mol. The fourth-order valence-electron chi connectivity index (χ4n) is 1.52. The molecule has 6 heteroatoms. The van der Waals surface area contributed by atoms with E-state index < -0.39 is 0 Å². The smallest absolute Gasteiger partial charge is 0.248 e. The van der Waals surface area contributed by atoms with Crippen molar-refractivity contribution in [2.24, 2.45) is 0 Å². The first-order valence-electron chi connectivity index (χ1n) is 4.51. The summed E-state index contributed by atoms with van der Waals surface area (Å²) in [5, 5.41) is 3.28. The first-order chi connectivity index (χ1) is 6.36. The lowest BCUT2D eigenvalue weighted by molar-refractivity contribution is 0.588. The fourth-order valence-corrected chi connectivity index (χ4v) is 1.52.